The third-order valence-electron chi connectivity index (χ3n) is 6.10. The molecule has 0 bridgehead atoms. The van der Waals surface area contributed by atoms with Crippen LogP contribution in [0.3, 0.4) is 0 Å². The van der Waals surface area contributed by atoms with Gasteiger partial charge in [-0.1, -0.05) is 77.1 Å². The Balaban J connectivity index is 1.80. The van der Waals surface area contributed by atoms with E-state index in [1.54, 1.807) is 5.56 Å². The van der Waals surface area contributed by atoms with Gasteiger partial charge in [0.25, 0.3) is 0 Å². The number of hydrogen-bond donors (Lipinski definition) is 0. The number of benzene rings is 1. The molecule has 0 atom stereocenters. The third-order valence-corrected chi connectivity index (χ3v) is 6.10. The Bertz CT molecular complexity index is 420. The van der Waals surface area contributed by atoms with Gasteiger partial charge in [-0.2, -0.15) is 0 Å². The Kier molecular flexibility index (Phi) is 7.66. The van der Waals surface area contributed by atoms with Crippen LogP contribution in [0.4, 0.5) is 0 Å². The van der Waals surface area contributed by atoms with Gasteiger partial charge in [0.15, 0.2) is 0 Å². The first-order chi connectivity index (χ1) is 11.2. The molecular weight excluding hydrogens is 276 g/mol. The van der Waals surface area contributed by atoms with E-state index in [0.29, 0.717) is 5.41 Å². The maximum absolute atomic E-state index is 2.54. The van der Waals surface area contributed by atoms with Gasteiger partial charge in [0.2, 0.25) is 0 Å². The zero-order valence-corrected chi connectivity index (χ0v) is 15.9. The summed E-state index contributed by atoms with van der Waals surface area (Å²) in [7, 11) is 0. The third kappa shape index (κ3) is 5.98. The van der Waals surface area contributed by atoms with E-state index in [1.165, 1.54) is 82.6 Å². The molecule has 0 saturated heterocycles. The van der Waals surface area contributed by atoms with Gasteiger partial charge in [-0.3, -0.25) is 0 Å². The molecule has 0 amide bonds. The van der Waals surface area contributed by atoms with Crippen molar-refractivity contribution in [3.63, 3.8) is 0 Å². The van der Waals surface area contributed by atoms with Crippen LogP contribution in [0.2, 0.25) is 0 Å². The second-order valence-electron chi connectivity index (χ2n) is 8.24. The Morgan fingerprint density at radius 3 is 2.09 bits per heavy atom. The topological polar surface area (TPSA) is 0 Å². The first kappa shape index (κ1) is 18.6. The summed E-state index contributed by atoms with van der Waals surface area (Å²) in [5.74, 6) is 0.818. The molecule has 0 spiro atoms. The molecule has 0 heterocycles. The fourth-order valence-corrected chi connectivity index (χ4v) is 4.24. The zero-order valence-electron chi connectivity index (χ0n) is 15.9. The Morgan fingerprint density at radius 1 is 0.870 bits per heavy atom. The molecular formula is C23H38. The predicted octanol–water partition coefficient (Wildman–Crippen LogP) is 7.66. The highest BCUT2D eigenvalue weighted by atomic mass is 14.4. The van der Waals surface area contributed by atoms with Gasteiger partial charge in [0.1, 0.15) is 0 Å². The van der Waals surface area contributed by atoms with Gasteiger partial charge in [0.05, 0.1) is 0 Å². The molecule has 0 nitrogen and oxygen atoms in total. The van der Waals surface area contributed by atoms with Crippen molar-refractivity contribution in [1.82, 2.24) is 0 Å². The van der Waals surface area contributed by atoms with Crippen molar-refractivity contribution in [3.8, 4) is 0 Å². The molecule has 1 saturated carbocycles. The summed E-state index contributed by atoms with van der Waals surface area (Å²) < 4.78 is 0. The largest absolute Gasteiger partial charge is 0.0654 e. The maximum Gasteiger partial charge on any atom is -0.0162 e. The lowest BCUT2D eigenvalue weighted by atomic mass is 9.68. The van der Waals surface area contributed by atoms with Crippen molar-refractivity contribution < 1.29 is 0 Å². The molecule has 0 aromatic heterocycles. The minimum absolute atomic E-state index is 0.631. The van der Waals surface area contributed by atoms with E-state index in [-0.39, 0.29) is 0 Å². The van der Waals surface area contributed by atoms with Gasteiger partial charge in [-0.15, -0.1) is 0 Å². The van der Waals surface area contributed by atoms with Crippen LogP contribution in [0, 0.1) is 5.41 Å². The quantitative estimate of drug-likeness (QED) is 0.410. The number of aryl methyl sites for hydroxylation is 1. The summed E-state index contributed by atoms with van der Waals surface area (Å²) in [6.45, 7) is 7.13. The maximum atomic E-state index is 2.54. The van der Waals surface area contributed by atoms with Crippen LogP contribution in [0.15, 0.2) is 24.3 Å². The molecule has 1 aliphatic rings. The summed E-state index contributed by atoms with van der Waals surface area (Å²) in [6, 6.07) is 9.62. The van der Waals surface area contributed by atoms with E-state index in [0.717, 1.165) is 5.92 Å². The molecule has 0 heteroatoms. The second-order valence-corrected chi connectivity index (χ2v) is 8.24. The summed E-state index contributed by atoms with van der Waals surface area (Å²) in [4.78, 5) is 0. The van der Waals surface area contributed by atoms with E-state index < -0.39 is 0 Å². The van der Waals surface area contributed by atoms with Crippen molar-refractivity contribution in [2.45, 2.75) is 104 Å². The number of rotatable bonds is 9. The van der Waals surface area contributed by atoms with Gasteiger partial charge in [-0.25, -0.2) is 0 Å². The second kappa shape index (κ2) is 9.50. The average molecular weight is 315 g/mol. The van der Waals surface area contributed by atoms with Gasteiger partial charge in [-0.05, 0) is 67.4 Å². The molecule has 0 N–H and O–H groups in total. The molecule has 0 unspecified atom stereocenters. The van der Waals surface area contributed by atoms with Crippen molar-refractivity contribution in [3.05, 3.63) is 35.4 Å². The van der Waals surface area contributed by atoms with Crippen molar-refractivity contribution in [1.29, 1.82) is 0 Å². The van der Waals surface area contributed by atoms with Crippen LogP contribution in [0.5, 0.6) is 0 Å². The molecule has 130 valence electrons. The number of unbranched alkanes of at least 4 members (excludes halogenated alkanes) is 4. The van der Waals surface area contributed by atoms with Crippen LogP contribution in [0.25, 0.3) is 0 Å². The van der Waals surface area contributed by atoms with Crippen LogP contribution >= 0.6 is 0 Å². The number of hydrogen-bond acceptors (Lipinski definition) is 0. The van der Waals surface area contributed by atoms with Crippen molar-refractivity contribution >= 4 is 0 Å². The van der Waals surface area contributed by atoms with E-state index in [4.69, 9.17) is 0 Å². The van der Waals surface area contributed by atoms with E-state index in [2.05, 4.69) is 45.0 Å². The van der Waals surface area contributed by atoms with Crippen molar-refractivity contribution in [2.75, 3.05) is 0 Å². The van der Waals surface area contributed by atoms with E-state index in [9.17, 15) is 0 Å². The van der Waals surface area contributed by atoms with E-state index >= 15 is 0 Å². The van der Waals surface area contributed by atoms with Crippen LogP contribution in [-0.2, 0) is 6.42 Å². The van der Waals surface area contributed by atoms with Crippen LogP contribution in [0.1, 0.15) is 108 Å². The highest BCUT2D eigenvalue weighted by Crippen LogP contribution is 2.45. The van der Waals surface area contributed by atoms with Crippen LogP contribution < -0.4 is 0 Å². The molecule has 2 rings (SSSR count). The minimum atomic E-state index is 0.631. The summed E-state index contributed by atoms with van der Waals surface area (Å²) in [6.07, 6.45) is 16.6. The van der Waals surface area contributed by atoms with Gasteiger partial charge in [0, 0.05) is 0 Å². The summed E-state index contributed by atoms with van der Waals surface area (Å²) in [5.41, 5.74) is 3.76. The Hall–Kier alpha value is -0.780. The lowest BCUT2D eigenvalue weighted by molar-refractivity contribution is 0.178. The molecule has 1 aromatic carbocycles. The van der Waals surface area contributed by atoms with Gasteiger partial charge < -0.3 is 0 Å². The first-order valence-corrected chi connectivity index (χ1v) is 10.3. The van der Waals surface area contributed by atoms with Crippen molar-refractivity contribution in [2.24, 2.45) is 5.41 Å². The molecule has 1 aliphatic carbocycles. The molecule has 1 fully saturated rings. The lowest BCUT2D eigenvalue weighted by Gasteiger charge is -2.38. The highest BCUT2D eigenvalue weighted by Gasteiger charge is 2.30. The zero-order chi connectivity index (χ0) is 16.5. The van der Waals surface area contributed by atoms with Crippen LogP contribution in [-0.4, -0.2) is 0 Å². The Morgan fingerprint density at radius 2 is 1.48 bits per heavy atom. The first-order valence-electron chi connectivity index (χ1n) is 10.3. The minimum Gasteiger partial charge on any atom is -0.0654 e. The normalized spacial score (nSPS) is 24.7. The monoisotopic (exact) mass is 314 g/mol. The lowest BCUT2D eigenvalue weighted by Crippen LogP contribution is -2.23. The fourth-order valence-electron chi connectivity index (χ4n) is 4.24. The molecule has 23 heavy (non-hydrogen) atoms. The molecule has 0 radical (unpaired) electrons. The molecule has 1 aromatic rings. The predicted molar refractivity (Wildman–Crippen MR) is 103 cm³/mol. The summed E-state index contributed by atoms with van der Waals surface area (Å²) in [5, 5.41) is 0. The smallest absolute Gasteiger partial charge is 0.0162 e. The average Bonchev–Trinajstić information content (AvgIpc) is 2.57. The summed E-state index contributed by atoms with van der Waals surface area (Å²) >= 11 is 0. The molecule has 0 aliphatic heterocycles. The standard InChI is InChI=1S/C23H38/c1-4-6-8-10-20-11-13-21(14-12-20)22-15-18-23(3,19-16-22)17-9-7-5-2/h11-14,22H,4-10,15-19H2,1-3H3/t22-,23+. The Labute approximate surface area is 145 Å². The SMILES string of the molecule is CCCCCc1ccc([C@H]2CC[C@@](C)(CCCCC)CC2)cc1. The highest BCUT2D eigenvalue weighted by molar-refractivity contribution is 5.26. The fraction of sp³-hybridized carbons (Fsp3) is 0.739. The van der Waals surface area contributed by atoms with E-state index in [1.807, 2.05) is 0 Å². The van der Waals surface area contributed by atoms with Gasteiger partial charge >= 0.3 is 0 Å².